The Morgan fingerprint density at radius 2 is 1.92 bits per heavy atom. The zero-order valence-electron chi connectivity index (χ0n) is 15.4. The quantitative estimate of drug-likeness (QED) is 0.865. The minimum Gasteiger partial charge on any atom is -0.354 e. The Hall–Kier alpha value is -2.21. The van der Waals surface area contributed by atoms with E-state index < -0.39 is 5.41 Å². The van der Waals surface area contributed by atoms with Crippen molar-refractivity contribution in [3.63, 3.8) is 0 Å². The van der Waals surface area contributed by atoms with Crippen LogP contribution in [0.3, 0.4) is 0 Å². The molecule has 0 amide bonds. The summed E-state index contributed by atoms with van der Waals surface area (Å²) in [7, 11) is 0. The Morgan fingerprint density at radius 3 is 2.52 bits per heavy atom. The molecule has 0 radical (unpaired) electrons. The fourth-order valence-electron chi connectivity index (χ4n) is 3.13. The number of aryl methyl sites for hydroxylation is 1. The summed E-state index contributed by atoms with van der Waals surface area (Å²) in [6.45, 7) is 11.8. The molecule has 1 aliphatic rings. The maximum atomic E-state index is 12.9. The van der Waals surface area contributed by atoms with Crippen molar-refractivity contribution >= 4 is 22.6 Å². The summed E-state index contributed by atoms with van der Waals surface area (Å²) < 4.78 is 1.90. The average Bonchev–Trinajstić information content (AvgIpc) is 2.61. The molecule has 0 saturated carbocycles. The van der Waals surface area contributed by atoms with Crippen LogP contribution >= 0.6 is 0 Å². The number of anilines is 1. The van der Waals surface area contributed by atoms with Crippen LogP contribution in [0.15, 0.2) is 23.1 Å². The Bertz CT molecular complexity index is 858. The molecule has 1 saturated heterocycles. The predicted molar refractivity (Wildman–Crippen MR) is 101 cm³/mol. The second-order valence-corrected chi connectivity index (χ2v) is 7.51. The van der Waals surface area contributed by atoms with E-state index >= 15 is 0 Å². The van der Waals surface area contributed by atoms with Gasteiger partial charge in [-0.15, -0.1) is 0 Å². The van der Waals surface area contributed by atoms with Gasteiger partial charge in [0.15, 0.2) is 5.78 Å². The van der Waals surface area contributed by atoms with E-state index in [1.165, 1.54) is 0 Å². The number of piperazine rings is 1. The fraction of sp³-hybridized carbons (Fsp3) is 0.526. The van der Waals surface area contributed by atoms with Crippen molar-refractivity contribution in [1.82, 2.24) is 14.9 Å². The normalized spacial score (nSPS) is 15.6. The van der Waals surface area contributed by atoms with Crippen molar-refractivity contribution in [2.45, 2.75) is 34.2 Å². The number of carbonyl (C=O) groups excluding carboxylic acids is 1. The number of hydrogen-bond donors (Lipinski definition) is 1. The van der Waals surface area contributed by atoms with Gasteiger partial charge in [-0.05, 0) is 19.1 Å². The maximum absolute atomic E-state index is 12.9. The van der Waals surface area contributed by atoms with Crippen LogP contribution in [0.2, 0.25) is 0 Å². The molecule has 0 aliphatic carbocycles. The molecule has 3 rings (SSSR count). The number of hydrogen-bond acceptors (Lipinski definition) is 5. The van der Waals surface area contributed by atoms with Crippen molar-refractivity contribution in [2.75, 3.05) is 31.1 Å². The van der Waals surface area contributed by atoms with Crippen molar-refractivity contribution in [1.29, 1.82) is 0 Å². The minimum atomic E-state index is -0.591. The van der Waals surface area contributed by atoms with E-state index in [9.17, 15) is 9.59 Å². The van der Waals surface area contributed by atoms with E-state index in [2.05, 4.69) is 10.2 Å². The predicted octanol–water partition coefficient (Wildman–Crippen LogP) is 2.05. The van der Waals surface area contributed by atoms with Gasteiger partial charge in [-0.2, -0.15) is 0 Å². The van der Waals surface area contributed by atoms with Gasteiger partial charge in [0.25, 0.3) is 0 Å². The highest BCUT2D eigenvalue weighted by atomic mass is 16.1. The molecule has 1 fully saturated rings. The van der Waals surface area contributed by atoms with Crippen LogP contribution in [0.25, 0.3) is 11.0 Å². The molecule has 1 aliphatic heterocycles. The highest BCUT2D eigenvalue weighted by molar-refractivity contribution is 6.01. The summed E-state index contributed by atoms with van der Waals surface area (Å²) in [5.74, 6) is 0.748. The van der Waals surface area contributed by atoms with Crippen LogP contribution in [0.5, 0.6) is 0 Å². The minimum absolute atomic E-state index is 0.132. The van der Waals surface area contributed by atoms with E-state index in [1.54, 1.807) is 6.20 Å². The third kappa shape index (κ3) is 3.31. The lowest BCUT2D eigenvalue weighted by atomic mass is 9.86. The van der Waals surface area contributed by atoms with Crippen molar-refractivity contribution < 1.29 is 4.79 Å². The topological polar surface area (TPSA) is 67.2 Å². The summed E-state index contributed by atoms with van der Waals surface area (Å²) in [4.78, 5) is 32.5. The third-order valence-corrected chi connectivity index (χ3v) is 4.61. The number of carbonyl (C=O) groups is 1. The van der Waals surface area contributed by atoms with Gasteiger partial charge in [-0.1, -0.05) is 20.8 Å². The molecule has 0 bridgehead atoms. The lowest BCUT2D eigenvalue weighted by Crippen LogP contribution is -2.44. The summed E-state index contributed by atoms with van der Waals surface area (Å²) in [5, 5.41) is 3.84. The van der Waals surface area contributed by atoms with Crippen LogP contribution in [-0.4, -0.2) is 41.5 Å². The number of nitrogens with zero attached hydrogens (tertiary/aromatic N) is 3. The summed E-state index contributed by atoms with van der Waals surface area (Å²) >= 11 is 0. The lowest BCUT2D eigenvalue weighted by Gasteiger charge is -2.28. The molecule has 2 aromatic rings. The number of nitrogens with one attached hydrogen (secondary N) is 1. The van der Waals surface area contributed by atoms with Crippen LogP contribution in [-0.2, 0) is 6.54 Å². The monoisotopic (exact) mass is 342 g/mol. The second-order valence-electron chi connectivity index (χ2n) is 7.51. The number of rotatable bonds is 3. The SMILES string of the molecule is CCn1cc(C(=O)C(C)(C)C)c(=O)c2ccc(N3CCNCC3)nc21. The van der Waals surface area contributed by atoms with Crippen molar-refractivity contribution in [3.8, 4) is 0 Å². The van der Waals surface area contributed by atoms with E-state index in [0.29, 0.717) is 17.6 Å². The van der Waals surface area contributed by atoms with E-state index in [-0.39, 0.29) is 16.8 Å². The Balaban J connectivity index is 2.15. The van der Waals surface area contributed by atoms with Crippen molar-refractivity contribution in [2.24, 2.45) is 5.41 Å². The Kier molecular flexibility index (Phi) is 4.64. The van der Waals surface area contributed by atoms with Gasteiger partial charge >= 0.3 is 0 Å². The number of Topliss-reactive ketones (excluding diaryl/α,β-unsaturated/α-hetero) is 1. The van der Waals surface area contributed by atoms with Crippen molar-refractivity contribution in [3.05, 3.63) is 34.1 Å². The smallest absolute Gasteiger partial charge is 0.201 e. The molecule has 0 unspecified atom stereocenters. The van der Waals surface area contributed by atoms with E-state index in [1.807, 2.05) is 44.4 Å². The first-order valence-electron chi connectivity index (χ1n) is 8.87. The standard InChI is InChI=1S/C19H26N4O2/c1-5-22-12-14(17(25)19(2,3)4)16(24)13-6-7-15(21-18(13)22)23-10-8-20-9-11-23/h6-7,12,20H,5,8-11H2,1-4H3. The maximum Gasteiger partial charge on any atom is 0.201 e. The summed E-state index contributed by atoms with van der Waals surface area (Å²) in [6, 6.07) is 3.70. The highest BCUT2D eigenvalue weighted by Gasteiger charge is 2.27. The molecule has 2 aromatic heterocycles. The van der Waals surface area contributed by atoms with E-state index in [4.69, 9.17) is 4.98 Å². The average molecular weight is 342 g/mol. The first kappa shape index (κ1) is 17.6. The largest absolute Gasteiger partial charge is 0.354 e. The van der Waals surface area contributed by atoms with Crippen LogP contribution in [0, 0.1) is 5.41 Å². The van der Waals surface area contributed by atoms with Gasteiger partial charge in [0.1, 0.15) is 11.5 Å². The van der Waals surface area contributed by atoms with E-state index in [0.717, 1.165) is 32.0 Å². The zero-order chi connectivity index (χ0) is 18.2. The lowest BCUT2D eigenvalue weighted by molar-refractivity contribution is 0.0856. The van der Waals surface area contributed by atoms with Crippen LogP contribution in [0.4, 0.5) is 5.82 Å². The first-order chi connectivity index (χ1) is 11.8. The number of pyridine rings is 2. The number of ketones is 1. The third-order valence-electron chi connectivity index (χ3n) is 4.61. The molecule has 0 aromatic carbocycles. The molecule has 0 spiro atoms. The Morgan fingerprint density at radius 1 is 1.24 bits per heavy atom. The van der Waals surface area contributed by atoms with Gasteiger partial charge in [0.05, 0.1) is 10.9 Å². The van der Waals surface area contributed by atoms with Gasteiger partial charge in [0.2, 0.25) is 5.43 Å². The summed E-state index contributed by atoms with van der Waals surface area (Å²) in [5.41, 5.74) is 0.0820. The molecule has 134 valence electrons. The van der Waals surface area contributed by atoms with Gasteiger partial charge < -0.3 is 14.8 Å². The van der Waals surface area contributed by atoms with Crippen LogP contribution in [0.1, 0.15) is 38.1 Å². The molecule has 6 nitrogen and oxygen atoms in total. The molecular weight excluding hydrogens is 316 g/mol. The highest BCUT2D eigenvalue weighted by Crippen LogP contribution is 2.22. The molecule has 25 heavy (non-hydrogen) atoms. The van der Waals surface area contributed by atoms with Gasteiger partial charge in [-0.25, -0.2) is 4.98 Å². The first-order valence-corrected chi connectivity index (χ1v) is 8.87. The zero-order valence-corrected chi connectivity index (χ0v) is 15.4. The molecular formula is C19H26N4O2. The Labute approximate surface area is 147 Å². The summed E-state index contributed by atoms with van der Waals surface area (Å²) in [6.07, 6.45) is 1.67. The fourth-order valence-corrected chi connectivity index (χ4v) is 3.13. The number of fused-ring (bicyclic) bond motifs is 1. The molecule has 0 atom stereocenters. The molecule has 3 heterocycles. The molecule has 6 heteroatoms. The second kappa shape index (κ2) is 6.59. The van der Waals surface area contributed by atoms with Gasteiger partial charge in [-0.3, -0.25) is 9.59 Å². The molecule has 1 N–H and O–H groups in total. The van der Waals surface area contributed by atoms with Gasteiger partial charge in [0, 0.05) is 44.3 Å². The van der Waals surface area contributed by atoms with Crippen LogP contribution < -0.4 is 15.6 Å². The number of aromatic nitrogens is 2.